The van der Waals surface area contributed by atoms with Gasteiger partial charge < -0.3 is 5.32 Å². The lowest BCUT2D eigenvalue weighted by Crippen LogP contribution is -2.47. The fourth-order valence-electron chi connectivity index (χ4n) is 4.81. The van der Waals surface area contributed by atoms with E-state index in [4.69, 9.17) is 0 Å². The zero-order valence-electron chi connectivity index (χ0n) is 17.6. The number of carbonyl (C=O) groups excluding carboxylic acids is 1. The third-order valence-corrected chi connectivity index (χ3v) is 8.85. The largest absolute Gasteiger partial charge is 0.348 e. The molecule has 0 radical (unpaired) electrons. The molecule has 1 fully saturated rings. The van der Waals surface area contributed by atoms with Gasteiger partial charge in [-0.15, -0.1) is 0 Å². The fraction of sp³-hybridized carbons (Fsp3) is 0.458. The van der Waals surface area contributed by atoms with Gasteiger partial charge in [-0.3, -0.25) is 4.79 Å². The van der Waals surface area contributed by atoms with E-state index in [9.17, 15) is 13.2 Å². The third-order valence-electron chi connectivity index (χ3n) is 6.41. The first kappa shape index (κ1) is 22.5. The van der Waals surface area contributed by atoms with Crippen molar-refractivity contribution in [3.05, 3.63) is 64.1 Å². The smallest absolute Gasteiger partial charge is 0.243 e. The molecule has 2 aromatic rings. The molecule has 5 nitrogen and oxygen atoms in total. The van der Waals surface area contributed by atoms with E-state index in [0.717, 1.165) is 61.4 Å². The lowest BCUT2D eigenvalue weighted by Gasteiger charge is -2.34. The first-order valence-electron chi connectivity index (χ1n) is 11.1. The molecule has 7 heteroatoms. The minimum absolute atomic E-state index is 0.0546. The number of nitrogens with zero attached hydrogens (tertiary/aromatic N) is 1. The Labute approximate surface area is 193 Å². The van der Waals surface area contributed by atoms with Gasteiger partial charge in [-0.25, -0.2) is 8.42 Å². The van der Waals surface area contributed by atoms with Gasteiger partial charge in [-0.1, -0.05) is 59.5 Å². The highest BCUT2D eigenvalue weighted by Crippen LogP contribution is 2.31. The predicted molar refractivity (Wildman–Crippen MR) is 125 cm³/mol. The molecule has 0 aromatic heterocycles. The van der Waals surface area contributed by atoms with Crippen LogP contribution in [0.4, 0.5) is 0 Å². The van der Waals surface area contributed by atoms with Crippen molar-refractivity contribution in [1.82, 2.24) is 9.62 Å². The monoisotopic (exact) mass is 504 g/mol. The van der Waals surface area contributed by atoms with Crippen molar-refractivity contribution in [2.45, 2.75) is 68.3 Å². The van der Waals surface area contributed by atoms with Crippen LogP contribution in [0.5, 0.6) is 0 Å². The van der Waals surface area contributed by atoms with Crippen LogP contribution in [0, 0.1) is 0 Å². The van der Waals surface area contributed by atoms with Gasteiger partial charge >= 0.3 is 0 Å². The van der Waals surface area contributed by atoms with Crippen molar-refractivity contribution in [2.75, 3.05) is 6.54 Å². The normalized spacial score (nSPS) is 19.7. The van der Waals surface area contributed by atoms with Crippen molar-refractivity contribution in [3.63, 3.8) is 0 Å². The molecular formula is C24H29BrN2O3S. The number of fused-ring (bicyclic) bond motifs is 1. The molecule has 1 N–H and O–H groups in total. The number of nitrogens with one attached hydrogen (secondary N) is 1. The van der Waals surface area contributed by atoms with Gasteiger partial charge in [-0.05, 0) is 67.5 Å². The highest BCUT2D eigenvalue weighted by atomic mass is 79.9. The van der Waals surface area contributed by atoms with E-state index in [2.05, 4.69) is 33.4 Å². The number of carbonyl (C=O) groups is 1. The van der Waals surface area contributed by atoms with Crippen LogP contribution in [0.2, 0.25) is 0 Å². The number of hydrogen-bond acceptors (Lipinski definition) is 3. The van der Waals surface area contributed by atoms with Crippen molar-refractivity contribution < 1.29 is 13.2 Å². The van der Waals surface area contributed by atoms with Gasteiger partial charge in [0, 0.05) is 10.5 Å². The number of rotatable bonds is 6. The molecule has 2 aromatic carbocycles. The summed E-state index contributed by atoms with van der Waals surface area (Å²) in [6.45, 7) is -0.137. The second kappa shape index (κ2) is 9.84. The first-order chi connectivity index (χ1) is 14.9. The lowest BCUT2D eigenvalue weighted by atomic mass is 9.88. The Morgan fingerprint density at radius 3 is 2.42 bits per heavy atom. The average molecular weight is 505 g/mol. The second-order valence-electron chi connectivity index (χ2n) is 8.51. The minimum Gasteiger partial charge on any atom is -0.348 e. The first-order valence-corrected chi connectivity index (χ1v) is 13.3. The summed E-state index contributed by atoms with van der Waals surface area (Å²) in [6, 6.07) is 14.7. The number of hydrogen-bond donors (Lipinski definition) is 1. The van der Waals surface area contributed by atoms with Crippen LogP contribution >= 0.6 is 15.9 Å². The van der Waals surface area contributed by atoms with Crippen molar-refractivity contribution in [1.29, 1.82) is 0 Å². The Kier molecular flexibility index (Phi) is 7.14. The van der Waals surface area contributed by atoms with Crippen molar-refractivity contribution in [2.24, 2.45) is 0 Å². The van der Waals surface area contributed by atoms with Crippen LogP contribution in [0.15, 0.2) is 57.9 Å². The van der Waals surface area contributed by atoms with E-state index in [-0.39, 0.29) is 29.4 Å². The Hall–Kier alpha value is -1.70. The fourth-order valence-corrected chi connectivity index (χ4v) is 6.71. The molecule has 1 amide bonds. The highest BCUT2D eigenvalue weighted by molar-refractivity contribution is 9.10. The molecule has 0 saturated heterocycles. The molecule has 2 aliphatic carbocycles. The van der Waals surface area contributed by atoms with E-state index in [1.165, 1.54) is 9.87 Å². The van der Waals surface area contributed by atoms with E-state index in [1.54, 1.807) is 24.3 Å². The van der Waals surface area contributed by atoms with E-state index in [0.29, 0.717) is 0 Å². The average Bonchev–Trinajstić information content (AvgIpc) is 2.78. The summed E-state index contributed by atoms with van der Waals surface area (Å²) in [4.78, 5) is 13.3. The van der Waals surface area contributed by atoms with Crippen molar-refractivity contribution in [3.8, 4) is 0 Å². The molecule has 0 aliphatic heterocycles. The van der Waals surface area contributed by atoms with Gasteiger partial charge in [0.05, 0.1) is 17.5 Å². The summed E-state index contributed by atoms with van der Waals surface area (Å²) in [7, 11) is -3.76. The summed E-state index contributed by atoms with van der Waals surface area (Å²) in [6.07, 6.45) is 7.63. The maximum Gasteiger partial charge on any atom is 0.243 e. The standard InChI is InChI=1S/C24H29BrN2O3S/c25-19-13-15-21(16-14-19)31(29,30)27(20-9-2-1-3-10-20)17-24(28)26-23-12-6-8-18-7-4-5-11-22(18)23/h4-5,7,11,13-16,20,23H,1-3,6,8-10,12,17H2,(H,26,28). The summed E-state index contributed by atoms with van der Waals surface area (Å²) in [5.41, 5.74) is 2.42. The van der Waals surface area contributed by atoms with Crippen LogP contribution in [0.1, 0.15) is 62.1 Å². The van der Waals surface area contributed by atoms with Crippen LogP contribution < -0.4 is 5.32 Å². The SMILES string of the molecule is O=C(CN(C1CCCCC1)S(=O)(=O)c1ccc(Br)cc1)NC1CCCc2ccccc21. The lowest BCUT2D eigenvalue weighted by molar-refractivity contribution is -0.122. The van der Waals surface area contributed by atoms with Gasteiger partial charge in [0.1, 0.15) is 0 Å². The number of aryl methyl sites for hydroxylation is 1. The Balaban J connectivity index is 1.55. The summed E-state index contributed by atoms with van der Waals surface area (Å²) < 4.78 is 29.3. The Morgan fingerprint density at radius 1 is 0.968 bits per heavy atom. The van der Waals surface area contributed by atoms with Gasteiger partial charge in [0.25, 0.3) is 0 Å². The van der Waals surface area contributed by atoms with E-state index in [1.807, 2.05) is 12.1 Å². The summed E-state index contributed by atoms with van der Waals surface area (Å²) >= 11 is 3.36. The van der Waals surface area contributed by atoms with Gasteiger partial charge in [-0.2, -0.15) is 4.31 Å². The maximum absolute atomic E-state index is 13.5. The number of sulfonamides is 1. The Bertz CT molecular complexity index is 1020. The molecule has 2 aliphatic rings. The van der Waals surface area contributed by atoms with Crippen LogP contribution in [0.25, 0.3) is 0 Å². The van der Waals surface area contributed by atoms with E-state index >= 15 is 0 Å². The molecule has 166 valence electrons. The zero-order chi connectivity index (χ0) is 21.8. The van der Waals surface area contributed by atoms with Crippen LogP contribution in [-0.2, 0) is 21.2 Å². The summed E-state index contributed by atoms with van der Waals surface area (Å²) in [5.74, 6) is -0.229. The van der Waals surface area contributed by atoms with Crippen LogP contribution in [0.3, 0.4) is 0 Å². The number of amides is 1. The van der Waals surface area contributed by atoms with Gasteiger partial charge in [0.2, 0.25) is 15.9 Å². The molecule has 1 atom stereocenters. The number of halogens is 1. The highest BCUT2D eigenvalue weighted by Gasteiger charge is 2.34. The molecule has 1 saturated carbocycles. The summed E-state index contributed by atoms with van der Waals surface area (Å²) in [5, 5.41) is 3.12. The third kappa shape index (κ3) is 5.21. The molecule has 31 heavy (non-hydrogen) atoms. The second-order valence-corrected chi connectivity index (χ2v) is 11.3. The predicted octanol–water partition coefficient (Wildman–Crippen LogP) is 4.97. The Morgan fingerprint density at radius 2 is 1.68 bits per heavy atom. The van der Waals surface area contributed by atoms with Gasteiger partial charge in [0.15, 0.2) is 0 Å². The molecule has 0 bridgehead atoms. The molecule has 4 rings (SSSR count). The molecule has 1 unspecified atom stereocenters. The van der Waals surface area contributed by atoms with E-state index < -0.39 is 10.0 Å². The number of benzene rings is 2. The minimum atomic E-state index is -3.76. The van der Waals surface area contributed by atoms with Crippen LogP contribution in [-0.4, -0.2) is 31.2 Å². The molecular weight excluding hydrogens is 476 g/mol. The maximum atomic E-state index is 13.5. The quantitative estimate of drug-likeness (QED) is 0.603. The van der Waals surface area contributed by atoms with Crippen molar-refractivity contribution >= 4 is 31.9 Å². The molecule has 0 spiro atoms. The zero-order valence-corrected chi connectivity index (χ0v) is 20.0. The topological polar surface area (TPSA) is 66.5 Å². The molecule has 0 heterocycles.